The van der Waals surface area contributed by atoms with Crippen molar-refractivity contribution in [1.29, 1.82) is 0 Å². The SMILES string of the molecule is O=C(OC1CCC(CC(Oc2ccc(C(F)(F)F)cc2)c2cccc3ccncc23)N(C(=O)OCc2ccccc2)C1)c1ccccc1. The van der Waals surface area contributed by atoms with Gasteiger partial charge < -0.3 is 19.1 Å². The molecule has 1 aliphatic heterocycles. The van der Waals surface area contributed by atoms with Gasteiger partial charge in [0.25, 0.3) is 0 Å². The summed E-state index contributed by atoms with van der Waals surface area (Å²) >= 11 is 0. The van der Waals surface area contributed by atoms with Crippen molar-refractivity contribution in [3.05, 3.63) is 144 Å². The average Bonchev–Trinajstić information content (AvgIpc) is 3.11. The fourth-order valence-corrected chi connectivity index (χ4v) is 5.94. The third-order valence-electron chi connectivity index (χ3n) is 8.40. The van der Waals surface area contributed by atoms with Gasteiger partial charge in [0.05, 0.1) is 17.7 Å². The number of likely N-dealkylation sites (tertiary alicyclic amines) is 1. The zero-order valence-electron chi connectivity index (χ0n) is 25.9. The van der Waals surface area contributed by atoms with Crippen LogP contribution in [-0.2, 0) is 22.3 Å². The summed E-state index contributed by atoms with van der Waals surface area (Å²) < 4.78 is 57.9. The Balaban J connectivity index is 1.28. The van der Waals surface area contributed by atoms with Crippen LogP contribution in [0.5, 0.6) is 5.75 Å². The number of ether oxygens (including phenoxy) is 3. The van der Waals surface area contributed by atoms with Crippen molar-refractivity contribution in [2.75, 3.05) is 6.54 Å². The molecule has 6 rings (SSSR count). The van der Waals surface area contributed by atoms with Gasteiger partial charge in [0.2, 0.25) is 0 Å². The quantitative estimate of drug-likeness (QED) is 0.148. The van der Waals surface area contributed by atoms with E-state index in [1.54, 1.807) is 41.6 Å². The van der Waals surface area contributed by atoms with E-state index in [1.807, 2.05) is 60.7 Å². The van der Waals surface area contributed by atoms with Crippen LogP contribution in [0.3, 0.4) is 0 Å². The highest BCUT2D eigenvalue weighted by atomic mass is 19.4. The number of benzene rings is 4. The molecule has 0 N–H and O–H groups in total. The number of piperidine rings is 1. The maximum atomic E-state index is 13.7. The first-order chi connectivity index (χ1) is 23.2. The van der Waals surface area contributed by atoms with Gasteiger partial charge >= 0.3 is 18.2 Å². The average molecular weight is 655 g/mol. The molecule has 48 heavy (non-hydrogen) atoms. The highest BCUT2D eigenvalue weighted by Crippen LogP contribution is 2.36. The summed E-state index contributed by atoms with van der Waals surface area (Å²) in [7, 11) is 0. The molecular formula is C38H33F3N2O5. The van der Waals surface area contributed by atoms with Crippen LogP contribution in [0.25, 0.3) is 10.8 Å². The van der Waals surface area contributed by atoms with Crippen molar-refractivity contribution < 1.29 is 37.0 Å². The van der Waals surface area contributed by atoms with Gasteiger partial charge in [-0.3, -0.25) is 4.98 Å². The zero-order chi connectivity index (χ0) is 33.5. The van der Waals surface area contributed by atoms with Gasteiger partial charge in [-0.05, 0) is 66.3 Å². The number of pyridine rings is 1. The maximum Gasteiger partial charge on any atom is 0.416 e. The van der Waals surface area contributed by atoms with E-state index in [-0.39, 0.29) is 25.3 Å². The largest absolute Gasteiger partial charge is 0.486 e. The van der Waals surface area contributed by atoms with Gasteiger partial charge in [-0.25, -0.2) is 9.59 Å². The Kier molecular flexibility index (Phi) is 9.89. The van der Waals surface area contributed by atoms with Crippen LogP contribution in [0.4, 0.5) is 18.0 Å². The lowest BCUT2D eigenvalue weighted by atomic mass is 9.91. The summed E-state index contributed by atoms with van der Waals surface area (Å²) in [4.78, 5) is 32.5. The highest BCUT2D eigenvalue weighted by Gasteiger charge is 2.37. The smallest absolute Gasteiger partial charge is 0.416 e. The van der Waals surface area contributed by atoms with Crippen LogP contribution in [0.2, 0.25) is 0 Å². The zero-order valence-corrected chi connectivity index (χ0v) is 25.9. The van der Waals surface area contributed by atoms with Crippen LogP contribution >= 0.6 is 0 Å². The fourth-order valence-electron chi connectivity index (χ4n) is 5.94. The molecule has 0 spiro atoms. The summed E-state index contributed by atoms with van der Waals surface area (Å²) in [5.41, 5.74) is 1.22. The predicted molar refractivity (Wildman–Crippen MR) is 173 cm³/mol. The minimum atomic E-state index is -4.48. The van der Waals surface area contributed by atoms with E-state index in [0.29, 0.717) is 18.4 Å². The number of nitrogens with zero attached hydrogens (tertiary/aromatic N) is 2. The number of hydrogen-bond acceptors (Lipinski definition) is 6. The molecule has 3 atom stereocenters. The van der Waals surface area contributed by atoms with E-state index >= 15 is 0 Å². The first-order valence-corrected chi connectivity index (χ1v) is 15.6. The molecule has 1 fully saturated rings. The van der Waals surface area contributed by atoms with Crippen LogP contribution in [0.1, 0.15) is 52.4 Å². The number of aromatic nitrogens is 1. The molecule has 246 valence electrons. The molecule has 1 aliphatic rings. The number of carbonyl (C=O) groups is 2. The standard InChI is InChI=1S/C38H33F3N2O5/c39-38(40,41)29-14-17-31(18-15-29)47-35(33-13-7-12-27-20-21-42-23-34(27)33)22-30-16-19-32(48-36(44)28-10-5-2-6-11-28)24-43(30)37(45)46-25-26-8-3-1-4-9-26/h1-15,17-18,20-21,23,30,32,35H,16,19,22,24-25H2. The lowest BCUT2D eigenvalue weighted by Crippen LogP contribution is -2.50. The molecule has 2 heterocycles. The Morgan fingerprint density at radius 1 is 0.854 bits per heavy atom. The molecule has 7 nitrogen and oxygen atoms in total. The summed E-state index contributed by atoms with van der Waals surface area (Å²) in [6.07, 6.45) is -1.67. The van der Waals surface area contributed by atoms with E-state index in [1.165, 1.54) is 12.1 Å². The molecule has 5 aromatic rings. The maximum absolute atomic E-state index is 13.7. The molecule has 1 amide bonds. The van der Waals surface area contributed by atoms with E-state index in [9.17, 15) is 22.8 Å². The summed E-state index contributed by atoms with van der Waals surface area (Å²) in [5.74, 6) is -0.235. The van der Waals surface area contributed by atoms with E-state index in [4.69, 9.17) is 14.2 Å². The number of amides is 1. The number of alkyl halides is 3. The second kappa shape index (κ2) is 14.6. The molecule has 0 aliphatic carbocycles. The van der Waals surface area contributed by atoms with Crippen molar-refractivity contribution >= 4 is 22.8 Å². The number of rotatable bonds is 9. The number of halogens is 3. The van der Waals surface area contributed by atoms with Gasteiger partial charge in [0.1, 0.15) is 24.6 Å². The molecule has 1 saturated heterocycles. The Labute approximate surface area is 275 Å². The predicted octanol–water partition coefficient (Wildman–Crippen LogP) is 8.79. The second-order valence-electron chi connectivity index (χ2n) is 11.6. The third-order valence-corrected chi connectivity index (χ3v) is 8.40. The Bertz CT molecular complexity index is 1830. The van der Waals surface area contributed by atoms with Gasteiger partial charge in [-0.2, -0.15) is 13.2 Å². The minimum absolute atomic E-state index is 0.0534. The molecule has 3 unspecified atom stereocenters. The summed E-state index contributed by atoms with van der Waals surface area (Å²) in [6, 6.07) is 29.7. The molecular weight excluding hydrogens is 621 g/mol. The molecule has 10 heteroatoms. The van der Waals surface area contributed by atoms with E-state index < -0.39 is 42.1 Å². The van der Waals surface area contributed by atoms with Gasteiger partial charge in [-0.15, -0.1) is 0 Å². The minimum Gasteiger partial charge on any atom is -0.486 e. The first-order valence-electron chi connectivity index (χ1n) is 15.6. The normalized spacial score (nSPS) is 17.0. The van der Waals surface area contributed by atoms with Crippen molar-refractivity contribution in [3.63, 3.8) is 0 Å². The van der Waals surface area contributed by atoms with Crippen molar-refractivity contribution in [2.45, 2.75) is 50.3 Å². The van der Waals surface area contributed by atoms with Crippen LogP contribution in [0.15, 0.2) is 122 Å². The Morgan fingerprint density at radius 3 is 2.31 bits per heavy atom. The lowest BCUT2D eigenvalue weighted by molar-refractivity contribution is -0.137. The van der Waals surface area contributed by atoms with Crippen LogP contribution in [-0.4, -0.2) is 40.6 Å². The number of esters is 1. The monoisotopic (exact) mass is 654 g/mol. The van der Waals surface area contributed by atoms with Crippen molar-refractivity contribution in [3.8, 4) is 5.75 Å². The van der Waals surface area contributed by atoms with E-state index in [0.717, 1.165) is 34.0 Å². The van der Waals surface area contributed by atoms with Gasteiger partial charge in [0, 0.05) is 35.8 Å². The second-order valence-corrected chi connectivity index (χ2v) is 11.6. The van der Waals surface area contributed by atoms with E-state index in [2.05, 4.69) is 4.98 Å². The first kappa shape index (κ1) is 32.6. The van der Waals surface area contributed by atoms with Crippen LogP contribution < -0.4 is 4.74 Å². The third kappa shape index (κ3) is 7.94. The number of carbonyl (C=O) groups excluding carboxylic acids is 2. The number of fused-ring (bicyclic) bond motifs is 1. The van der Waals surface area contributed by atoms with Crippen LogP contribution in [0, 0.1) is 0 Å². The van der Waals surface area contributed by atoms with Crippen molar-refractivity contribution in [1.82, 2.24) is 9.88 Å². The number of hydrogen-bond donors (Lipinski definition) is 0. The topological polar surface area (TPSA) is 78.0 Å². The van der Waals surface area contributed by atoms with Gasteiger partial charge in [0.15, 0.2) is 0 Å². The Morgan fingerprint density at radius 2 is 1.58 bits per heavy atom. The fraction of sp³-hybridized carbons (Fsp3) is 0.237. The highest BCUT2D eigenvalue weighted by molar-refractivity contribution is 5.89. The van der Waals surface area contributed by atoms with Gasteiger partial charge in [-0.1, -0.05) is 66.7 Å². The van der Waals surface area contributed by atoms with Crippen molar-refractivity contribution in [2.24, 2.45) is 0 Å². The molecule has 0 radical (unpaired) electrons. The molecule has 4 aromatic carbocycles. The lowest BCUT2D eigenvalue weighted by Gasteiger charge is -2.40. The molecule has 1 aromatic heterocycles. The molecule has 0 saturated carbocycles. The summed E-state index contributed by atoms with van der Waals surface area (Å²) in [6.45, 7) is 0.152. The Hall–Kier alpha value is -5.38. The summed E-state index contributed by atoms with van der Waals surface area (Å²) in [5, 5.41) is 1.74. The molecule has 0 bridgehead atoms.